The van der Waals surface area contributed by atoms with Crippen LogP contribution < -0.4 is 10.0 Å². The molecular weight excluding hydrogens is 236 g/mol. The predicted octanol–water partition coefficient (Wildman–Crippen LogP) is 1.48. The summed E-state index contributed by atoms with van der Waals surface area (Å²) in [7, 11) is -1.59. The van der Waals surface area contributed by atoms with Gasteiger partial charge in [-0.3, -0.25) is 0 Å². The molecule has 1 saturated carbocycles. The van der Waals surface area contributed by atoms with E-state index in [0.717, 1.165) is 5.92 Å². The number of hydrogen-bond donors (Lipinski definition) is 2. The van der Waals surface area contributed by atoms with Crippen molar-refractivity contribution in [3.8, 4) is 0 Å². The van der Waals surface area contributed by atoms with E-state index in [2.05, 4.69) is 17.0 Å². The summed E-state index contributed by atoms with van der Waals surface area (Å²) < 4.78 is 24.8. The highest BCUT2D eigenvalue weighted by Crippen LogP contribution is 2.27. The monoisotopic (exact) mass is 262 g/mol. The Hall–Kier alpha value is -0.130. The number of nitrogens with one attached hydrogen (secondary N) is 2. The number of sulfonamides is 1. The van der Waals surface area contributed by atoms with Crippen LogP contribution in [-0.2, 0) is 10.0 Å². The normalized spacial score (nSPS) is 26.0. The van der Waals surface area contributed by atoms with Crippen LogP contribution in [0.1, 0.15) is 45.4 Å². The van der Waals surface area contributed by atoms with Crippen LogP contribution in [0.2, 0.25) is 0 Å². The van der Waals surface area contributed by atoms with Crippen molar-refractivity contribution in [2.24, 2.45) is 5.92 Å². The SMILES string of the molecule is CCCC1CCC(NCCS(=O)(=O)NC)CC1. The molecule has 0 amide bonds. The van der Waals surface area contributed by atoms with E-state index in [4.69, 9.17) is 0 Å². The quantitative estimate of drug-likeness (QED) is 0.731. The van der Waals surface area contributed by atoms with E-state index in [1.807, 2.05) is 0 Å². The third-order valence-corrected chi connectivity index (χ3v) is 5.02. The molecule has 1 fully saturated rings. The smallest absolute Gasteiger partial charge is 0.212 e. The van der Waals surface area contributed by atoms with Crippen molar-refractivity contribution in [2.75, 3.05) is 19.3 Å². The van der Waals surface area contributed by atoms with Crippen molar-refractivity contribution in [1.82, 2.24) is 10.0 Å². The third-order valence-electron chi connectivity index (χ3n) is 3.66. The van der Waals surface area contributed by atoms with E-state index in [1.165, 1.54) is 45.6 Å². The molecule has 1 rings (SSSR count). The molecule has 5 heteroatoms. The molecule has 0 bridgehead atoms. The van der Waals surface area contributed by atoms with Gasteiger partial charge in [-0.2, -0.15) is 0 Å². The van der Waals surface area contributed by atoms with Gasteiger partial charge in [-0.1, -0.05) is 19.8 Å². The van der Waals surface area contributed by atoms with Gasteiger partial charge in [-0.05, 0) is 38.6 Å². The van der Waals surface area contributed by atoms with Gasteiger partial charge >= 0.3 is 0 Å². The Kier molecular flexibility index (Phi) is 6.44. The summed E-state index contributed by atoms with van der Waals surface area (Å²) in [5.41, 5.74) is 0. The molecule has 0 unspecified atom stereocenters. The Bertz CT molecular complexity index is 296. The van der Waals surface area contributed by atoms with Gasteiger partial charge in [0.05, 0.1) is 5.75 Å². The summed E-state index contributed by atoms with van der Waals surface area (Å²) in [6, 6.07) is 0.523. The third kappa shape index (κ3) is 5.84. The first-order chi connectivity index (χ1) is 8.07. The zero-order valence-corrected chi connectivity index (χ0v) is 11.9. The Morgan fingerprint density at radius 1 is 1.18 bits per heavy atom. The van der Waals surface area contributed by atoms with E-state index < -0.39 is 10.0 Å². The van der Waals surface area contributed by atoms with Gasteiger partial charge < -0.3 is 5.32 Å². The van der Waals surface area contributed by atoms with Gasteiger partial charge in [-0.15, -0.1) is 0 Å². The van der Waals surface area contributed by atoms with Gasteiger partial charge in [0.1, 0.15) is 0 Å². The minimum absolute atomic E-state index is 0.179. The molecule has 0 saturated heterocycles. The van der Waals surface area contributed by atoms with Crippen molar-refractivity contribution in [3.05, 3.63) is 0 Å². The van der Waals surface area contributed by atoms with Crippen LogP contribution in [0.15, 0.2) is 0 Å². The van der Waals surface area contributed by atoms with Gasteiger partial charge in [0, 0.05) is 12.6 Å². The highest BCUT2D eigenvalue weighted by Gasteiger charge is 2.20. The second kappa shape index (κ2) is 7.34. The second-order valence-electron chi connectivity index (χ2n) is 4.98. The van der Waals surface area contributed by atoms with E-state index in [1.54, 1.807) is 0 Å². The van der Waals surface area contributed by atoms with Crippen molar-refractivity contribution in [2.45, 2.75) is 51.5 Å². The Morgan fingerprint density at radius 3 is 2.35 bits per heavy atom. The molecule has 0 radical (unpaired) electrons. The van der Waals surface area contributed by atoms with Crippen LogP contribution in [-0.4, -0.2) is 33.8 Å². The van der Waals surface area contributed by atoms with E-state index in [-0.39, 0.29) is 5.75 Å². The Morgan fingerprint density at radius 2 is 1.82 bits per heavy atom. The molecule has 0 aromatic carbocycles. The molecule has 17 heavy (non-hydrogen) atoms. The molecule has 0 spiro atoms. The van der Waals surface area contributed by atoms with Gasteiger partial charge in [0.2, 0.25) is 10.0 Å². The van der Waals surface area contributed by atoms with E-state index in [9.17, 15) is 8.42 Å². The first kappa shape index (κ1) is 14.9. The van der Waals surface area contributed by atoms with Gasteiger partial charge in [-0.25, -0.2) is 13.1 Å². The maximum absolute atomic E-state index is 11.2. The Balaban J connectivity index is 2.14. The highest BCUT2D eigenvalue weighted by molar-refractivity contribution is 7.89. The molecule has 4 nitrogen and oxygen atoms in total. The van der Waals surface area contributed by atoms with Crippen molar-refractivity contribution in [3.63, 3.8) is 0 Å². The lowest BCUT2D eigenvalue weighted by atomic mass is 9.83. The molecular formula is C12H26N2O2S. The first-order valence-electron chi connectivity index (χ1n) is 6.72. The van der Waals surface area contributed by atoms with Crippen LogP contribution in [0.3, 0.4) is 0 Å². The lowest BCUT2D eigenvalue weighted by molar-refractivity contribution is 0.281. The summed E-state index contributed by atoms with van der Waals surface area (Å²) in [4.78, 5) is 0. The van der Waals surface area contributed by atoms with Gasteiger partial charge in [0.15, 0.2) is 0 Å². The van der Waals surface area contributed by atoms with Crippen molar-refractivity contribution >= 4 is 10.0 Å². The van der Waals surface area contributed by atoms with Crippen LogP contribution in [0.25, 0.3) is 0 Å². The lowest BCUT2D eigenvalue weighted by Crippen LogP contribution is -2.37. The number of hydrogen-bond acceptors (Lipinski definition) is 3. The second-order valence-corrected chi connectivity index (χ2v) is 7.03. The molecule has 0 aromatic rings. The zero-order chi connectivity index (χ0) is 12.7. The zero-order valence-electron chi connectivity index (χ0n) is 11.0. The largest absolute Gasteiger partial charge is 0.313 e. The fourth-order valence-corrected chi connectivity index (χ4v) is 3.15. The summed E-state index contributed by atoms with van der Waals surface area (Å²) in [6.45, 7) is 2.80. The summed E-state index contributed by atoms with van der Waals surface area (Å²) in [6.07, 6.45) is 7.62. The fraction of sp³-hybridized carbons (Fsp3) is 1.00. The van der Waals surface area contributed by atoms with E-state index >= 15 is 0 Å². The average Bonchev–Trinajstić information content (AvgIpc) is 2.32. The molecule has 0 aromatic heterocycles. The molecule has 0 heterocycles. The maximum atomic E-state index is 11.2. The van der Waals surface area contributed by atoms with Crippen molar-refractivity contribution < 1.29 is 8.42 Å². The van der Waals surface area contributed by atoms with Crippen LogP contribution in [0.4, 0.5) is 0 Å². The minimum atomic E-state index is -3.05. The van der Waals surface area contributed by atoms with Crippen LogP contribution in [0, 0.1) is 5.92 Å². The standard InChI is InChI=1S/C12H26N2O2S/c1-3-4-11-5-7-12(8-6-11)14-9-10-17(15,16)13-2/h11-14H,3-10H2,1-2H3. The van der Waals surface area contributed by atoms with Gasteiger partial charge in [0.25, 0.3) is 0 Å². The molecule has 1 aliphatic rings. The molecule has 0 atom stereocenters. The molecule has 2 N–H and O–H groups in total. The highest BCUT2D eigenvalue weighted by atomic mass is 32.2. The van der Waals surface area contributed by atoms with Crippen LogP contribution in [0.5, 0.6) is 0 Å². The van der Waals surface area contributed by atoms with E-state index in [0.29, 0.717) is 12.6 Å². The lowest BCUT2D eigenvalue weighted by Gasteiger charge is -2.29. The molecule has 1 aliphatic carbocycles. The minimum Gasteiger partial charge on any atom is -0.313 e. The summed E-state index contributed by atoms with van der Waals surface area (Å²) in [5, 5.41) is 3.36. The molecule has 0 aliphatic heterocycles. The summed E-state index contributed by atoms with van der Waals surface area (Å²) in [5.74, 6) is 1.08. The number of rotatable bonds is 7. The van der Waals surface area contributed by atoms with Crippen LogP contribution >= 0.6 is 0 Å². The average molecular weight is 262 g/mol. The Labute approximate surface area is 106 Å². The maximum Gasteiger partial charge on any atom is 0.212 e. The van der Waals surface area contributed by atoms with Crippen molar-refractivity contribution in [1.29, 1.82) is 0 Å². The summed E-state index contributed by atoms with van der Waals surface area (Å²) >= 11 is 0. The first-order valence-corrected chi connectivity index (χ1v) is 8.37. The fourth-order valence-electron chi connectivity index (χ4n) is 2.56. The predicted molar refractivity (Wildman–Crippen MR) is 71.5 cm³/mol. The molecule has 102 valence electrons. The topological polar surface area (TPSA) is 58.2 Å².